The van der Waals surface area contributed by atoms with Crippen molar-refractivity contribution < 1.29 is 14.3 Å². The third-order valence-electron chi connectivity index (χ3n) is 3.64. The summed E-state index contributed by atoms with van der Waals surface area (Å²) in [6, 6.07) is 10.9. The molecule has 2 heterocycles. The third kappa shape index (κ3) is 4.05. The SMILES string of the molecule is CCOC(=O)c1ccc(N=C2S/C(=C/c3ccc(C)s3)C(=O)N2C)cc1. The highest BCUT2D eigenvalue weighted by Crippen LogP contribution is 2.34. The molecule has 1 aliphatic heterocycles. The van der Waals surface area contributed by atoms with Crippen LogP contribution in [0, 0.1) is 6.92 Å². The van der Waals surface area contributed by atoms with Crippen molar-refractivity contribution >= 4 is 51.9 Å². The van der Waals surface area contributed by atoms with Crippen LogP contribution in [-0.2, 0) is 9.53 Å². The van der Waals surface area contributed by atoms with Crippen LogP contribution in [0.3, 0.4) is 0 Å². The summed E-state index contributed by atoms with van der Waals surface area (Å²) in [5.41, 5.74) is 1.15. The molecule has 134 valence electrons. The predicted octanol–water partition coefficient (Wildman–Crippen LogP) is 4.47. The standard InChI is InChI=1S/C19H18N2O3S2/c1-4-24-18(23)13-6-8-14(9-7-13)20-19-21(3)17(22)16(26-19)11-15-10-5-12(2)25-15/h5-11H,4H2,1-3H3/b16-11+,20-19?. The Morgan fingerprint density at radius 1 is 1.23 bits per heavy atom. The van der Waals surface area contributed by atoms with Crippen molar-refractivity contribution in [2.24, 2.45) is 4.99 Å². The zero-order valence-electron chi connectivity index (χ0n) is 14.7. The van der Waals surface area contributed by atoms with E-state index in [1.807, 2.05) is 25.1 Å². The van der Waals surface area contributed by atoms with Gasteiger partial charge in [-0.25, -0.2) is 9.79 Å². The number of ether oxygens (including phenoxy) is 1. The Bertz CT molecular complexity index is 898. The van der Waals surface area contributed by atoms with Crippen LogP contribution in [-0.4, -0.2) is 35.6 Å². The van der Waals surface area contributed by atoms with Crippen LogP contribution in [0.4, 0.5) is 5.69 Å². The van der Waals surface area contributed by atoms with Crippen molar-refractivity contribution in [3.63, 3.8) is 0 Å². The number of thiophene rings is 1. The number of rotatable bonds is 4. The number of thioether (sulfide) groups is 1. The fourth-order valence-electron chi connectivity index (χ4n) is 2.31. The molecule has 0 unspecified atom stereocenters. The van der Waals surface area contributed by atoms with E-state index in [4.69, 9.17) is 4.74 Å². The van der Waals surface area contributed by atoms with Gasteiger partial charge in [0.05, 0.1) is 22.8 Å². The smallest absolute Gasteiger partial charge is 0.338 e. The van der Waals surface area contributed by atoms with Gasteiger partial charge in [0.1, 0.15) is 0 Å². The maximum atomic E-state index is 12.4. The molecular weight excluding hydrogens is 368 g/mol. The highest BCUT2D eigenvalue weighted by molar-refractivity contribution is 8.18. The number of carbonyl (C=O) groups excluding carboxylic acids is 2. The Hall–Kier alpha value is -2.38. The van der Waals surface area contributed by atoms with Crippen molar-refractivity contribution in [3.8, 4) is 0 Å². The average Bonchev–Trinajstić information content (AvgIpc) is 3.15. The number of aryl methyl sites for hydroxylation is 1. The number of hydrogen-bond acceptors (Lipinski definition) is 6. The summed E-state index contributed by atoms with van der Waals surface area (Å²) in [6.07, 6.45) is 1.90. The lowest BCUT2D eigenvalue weighted by Gasteiger charge is -2.07. The summed E-state index contributed by atoms with van der Waals surface area (Å²) in [7, 11) is 1.71. The van der Waals surface area contributed by atoms with E-state index in [9.17, 15) is 9.59 Å². The first-order valence-electron chi connectivity index (χ1n) is 8.08. The van der Waals surface area contributed by atoms with E-state index in [-0.39, 0.29) is 11.9 Å². The number of likely N-dealkylation sites (N-methyl/N-ethyl adjacent to an activating group) is 1. The first-order valence-corrected chi connectivity index (χ1v) is 9.71. The lowest BCUT2D eigenvalue weighted by Crippen LogP contribution is -2.23. The molecule has 3 rings (SSSR count). The average molecular weight is 386 g/mol. The highest BCUT2D eigenvalue weighted by atomic mass is 32.2. The number of aliphatic imine (C=N–C) groups is 1. The maximum absolute atomic E-state index is 12.4. The first kappa shape index (κ1) is 18.4. The lowest BCUT2D eigenvalue weighted by molar-refractivity contribution is -0.121. The molecule has 0 aliphatic carbocycles. The molecule has 2 aromatic rings. The zero-order chi connectivity index (χ0) is 18.7. The van der Waals surface area contributed by atoms with Gasteiger partial charge in [0.15, 0.2) is 5.17 Å². The molecule has 1 amide bonds. The summed E-state index contributed by atoms with van der Waals surface area (Å²) in [5.74, 6) is -0.423. The van der Waals surface area contributed by atoms with E-state index >= 15 is 0 Å². The zero-order valence-corrected chi connectivity index (χ0v) is 16.3. The molecule has 1 saturated heterocycles. The van der Waals surface area contributed by atoms with Gasteiger partial charge in [-0.2, -0.15) is 0 Å². The summed E-state index contributed by atoms with van der Waals surface area (Å²) >= 11 is 2.99. The molecule has 0 bridgehead atoms. The van der Waals surface area contributed by atoms with Crippen LogP contribution in [0.25, 0.3) is 6.08 Å². The third-order valence-corrected chi connectivity index (χ3v) is 5.65. The monoisotopic (exact) mass is 386 g/mol. The molecular formula is C19H18N2O3S2. The first-order chi connectivity index (χ1) is 12.5. The second kappa shape index (κ2) is 7.88. The fourth-order valence-corrected chi connectivity index (χ4v) is 4.18. The minimum absolute atomic E-state index is 0.0667. The number of benzene rings is 1. The Labute approximate surface area is 160 Å². The quantitative estimate of drug-likeness (QED) is 0.575. The minimum Gasteiger partial charge on any atom is -0.462 e. The second-order valence-corrected chi connectivity index (χ2v) is 7.91. The molecule has 7 heteroatoms. The number of carbonyl (C=O) groups is 2. The van der Waals surface area contributed by atoms with E-state index in [2.05, 4.69) is 4.99 Å². The highest BCUT2D eigenvalue weighted by Gasteiger charge is 2.30. The fraction of sp³-hybridized carbons (Fsp3) is 0.211. The Morgan fingerprint density at radius 3 is 2.58 bits per heavy atom. The summed E-state index contributed by atoms with van der Waals surface area (Å²) in [5, 5.41) is 0.610. The van der Waals surface area contributed by atoms with Gasteiger partial charge in [-0.3, -0.25) is 9.69 Å². The van der Waals surface area contributed by atoms with Crippen molar-refractivity contribution in [2.45, 2.75) is 13.8 Å². The summed E-state index contributed by atoms with van der Waals surface area (Å²) < 4.78 is 4.97. The van der Waals surface area contributed by atoms with E-state index in [1.54, 1.807) is 49.6 Å². The number of amidine groups is 1. The Balaban J connectivity index is 1.79. The van der Waals surface area contributed by atoms with E-state index in [0.717, 1.165) is 4.88 Å². The van der Waals surface area contributed by atoms with E-state index < -0.39 is 0 Å². The number of nitrogens with zero attached hydrogens (tertiary/aromatic N) is 2. The molecule has 1 aromatic carbocycles. The molecule has 0 saturated carbocycles. The topological polar surface area (TPSA) is 59.0 Å². The van der Waals surface area contributed by atoms with Crippen molar-refractivity contribution in [2.75, 3.05) is 13.7 Å². The second-order valence-electron chi connectivity index (χ2n) is 5.58. The molecule has 0 radical (unpaired) electrons. The van der Waals surface area contributed by atoms with Crippen LogP contribution in [0.5, 0.6) is 0 Å². The van der Waals surface area contributed by atoms with Gasteiger partial charge in [-0.05, 0) is 68.1 Å². The van der Waals surface area contributed by atoms with Gasteiger partial charge in [0.25, 0.3) is 5.91 Å². The minimum atomic E-state index is -0.356. The van der Waals surface area contributed by atoms with Gasteiger partial charge in [-0.15, -0.1) is 11.3 Å². The lowest BCUT2D eigenvalue weighted by atomic mass is 10.2. The molecule has 0 atom stereocenters. The van der Waals surface area contributed by atoms with Crippen LogP contribution in [0.2, 0.25) is 0 Å². The molecule has 1 aromatic heterocycles. The van der Waals surface area contributed by atoms with Gasteiger partial charge < -0.3 is 4.74 Å². The molecule has 1 aliphatic rings. The number of esters is 1. The van der Waals surface area contributed by atoms with Gasteiger partial charge in [0.2, 0.25) is 0 Å². The van der Waals surface area contributed by atoms with Gasteiger partial charge >= 0.3 is 5.97 Å². The molecule has 0 spiro atoms. The van der Waals surface area contributed by atoms with Crippen LogP contribution in [0.1, 0.15) is 27.0 Å². The molecule has 5 nitrogen and oxygen atoms in total. The number of amides is 1. The summed E-state index contributed by atoms with van der Waals surface area (Å²) in [6.45, 7) is 4.14. The number of hydrogen-bond donors (Lipinski definition) is 0. The Morgan fingerprint density at radius 2 is 1.96 bits per heavy atom. The molecule has 0 N–H and O–H groups in total. The summed E-state index contributed by atoms with van der Waals surface area (Å²) in [4.78, 5) is 33.1. The van der Waals surface area contributed by atoms with Gasteiger partial charge in [0, 0.05) is 16.8 Å². The van der Waals surface area contributed by atoms with E-state index in [0.29, 0.717) is 27.9 Å². The van der Waals surface area contributed by atoms with Crippen LogP contribution in [0.15, 0.2) is 46.3 Å². The van der Waals surface area contributed by atoms with Crippen molar-refractivity contribution in [1.82, 2.24) is 4.90 Å². The molecule has 26 heavy (non-hydrogen) atoms. The van der Waals surface area contributed by atoms with E-state index in [1.165, 1.54) is 21.5 Å². The van der Waals surface area contributed by atoms with Crippen LogP contribution >= 0.6 is 23.1 Å². The van der Waals surface area contributed by atoms with Crippen molar-refractivity contribution in [1.29, 1.82) is 0 Å². The van der Waals surface area contributed by atoms with Crippen molar-refractivity contribution in [3.05, 3.63) is 56.6 Å². The predicted molar refractivity (Wildman–Crippen MR) is 107 cm³/mol. The largest absolute Gasteiger partial charge is 0.462 e. The van der Waals surface area contributed by atoms with Crippen LogP contribution < -0.4 is 0 Å². The van der Waals surface area contributed by atoms with Gasteiger partial charge in [-0.1, -0.05) is 0 Å². The molecule has 1 fully saturated rings. The maximum Gasteiger partial charge on any atom is 0.338 e. The Kier molecular flexibility index (Phi) is 5.58. The normalized spacial score (nSPS) is 17.3.